The molecule has 1 aliphatic heterocycles. The first kappa shape index (κ1) is 22.1. The van der Waals surface area contributed by atoms with Crippen molar-refractivity contribution in [1.82, 2.24) is 4.31 Å². The molecule has 1 amide bonds. The summed E-state index contributed by atoms with van der Waals surface area (Å²) in [4.78, 5) is 12.7. The molecule has 2 aromatic carbocycles. The number of aryl methyl sites for hydroxylation is 1. The zero-order valence-electron chi connectivity index (χ0n) is 17.6. The molecule has 1 heterocycles. The minimum atomic E-state index is -3.41. The smallest absolute Gasteiger partial charge is 0.227 e. The van der Waals surface area contributed by atoms with E-state index in [0.29, 0.717) is 43.1 Å². The fraction of sp³-hybridized carbons (Fsp3) is 0.409. The Kier molecular flexibility index (Phi) is 6.99. The number of rotatable bonds is 7. The largest absolute Gasteiger partial charge is 0.493 e. The van der Waals surface area contributed by atoms with Gasteiger partial charge in [0.2, 0.25) is 15.9 Å². The van der Waals surface area contributed by atoms with Crippen LogP contribution in [0.25, 0.3) is 0 Å². The van der Waals surface area contributed by atoms with Crippen molar-refractivity contribution in [1.29, 1.82) is 0 Å². The number of carbonyl (C=O) groups excluding carboxylic acids is 1. The Morgan fingerprint density at radius 2 is 1.77 bits per heavy atom. The molecule has 0 unspecified atom stereocenters. The molecule has 1 saturated heterocycles. The Labute approximate surface area is 178 Å². The second-order valence-corrected chi connectivity index (χ2v) is 9.45. The number of hydrogen-bond donors (Lipinski definition) is 1. The molecule has 8 heteroatoms. The van der Waals surface area contributed by atoms with Crippen molar-refractivity contribution >= 4 is 21.6 Å². The number of ether oxygens (including phenoxy) is 2. The number of amides is 1. The van der Waals surface area contributed by atoms with Gasteiger partial charge in [-0.3, -0.25) is 4.79 Å². The van der Waals surface area contributed by atoms with Gasteiger partial charge in [-0.15, -0.1) is 0 Å². The van der Waals surface area contributed by atoms with Gasteiger partial charge in [-0.25, -0.2) is 12.7 Å². The first-order chi connectivity index (χ1) is 14.3. The maximum absolute atomic E-state index is 12.8. The predicted molar refractivity (Wildman–Crippen MR) is 116 cm³/mol. The number of nitrogens with zero attached hydrogens (tertiary/aromatic N) is 1. The summed E-state index contributed by atoms with van der Waals surface area (Å²) in [7, 11) is -0.316. The molecule has 162 valence electrons. The average molecular weight is 433 g/mol. The van der Waals surface area contributed by atoms with E-state index in [1.165, 1.54) is 11.4 Å². The SMILES string of the molecule is COc1ccc(NC(=O)C2CCN(S(=O)(=O)Cc3cccc(C)c3)CC2)cc1OC. The van der Waals surface area contributed by atoms with Crippen molar-refractivity contribution in [2.75, 3.05) is 32.6 Å². The van der Waals surface area contributed by atoms with Crippen LogP contribution in [-0.4, -0.2) is 45.9 Å². The Morgan fingerprint density at radius 1 is 1.07 bits per heavy atom. The van der Waals surface area contributed by atoms with Crippen LogP contribution in [0, 0.1) is 12.8 Å². The van der Waals surface area contributed by atoms with Gasteiger partial charge in [0.1, 0.15) is 0 Å². The predicted octanol–water partition coefficient (Wildman–Crippen LogP) is 3.19. The van der Waals surface area contributed by atoms with Crippen LogP contribution >= 0.6 is 0 Å². The molecule has 30 heavy (non-hydrogen) atoms. The lowest BCUT2D eigenvalue weighted by Gasteiger charge is -2.30. The third kappa shape index (κ3) is 5.31. The Balaban J connectivity index is 1.57. The Bertz CT molecular complexity index is 998. The molecule has 7 nitrogen and oxygen atoms in total. The van der Waals surface area contributed by atoms with Crippen LogP contribution in [0.2, 0.25) is 0 Å². The number of methoxy groups -OCH3 is 2. The zero-order valence-corrected chi connectivity index (χ0v) is 18.4. The number of hydrogen-bond acceptors (Lipinski definition) is 5. The van der Waals surface area contributed by atoms with E-state index < -0.39 is 10.0 Å². The first-order valence-corrected chi connectivity index (χ1v) is 11.5. The number of anilines is 1. The van der Waals surface area contributed by atoms with E-state index in [0.717, 1.165) is 11.1 Å². The van der Waals surface area contributed by atoms with Gasteiger partial charge >= 0.3 is 0 Å². The van der Waals surface area contributed by atoms with Crippen LogP contribution in [0.5, 0.6) is 11.5 Å². The molecule has 1 fully saturated rings. The average Bonchev–Trinajstić information content (AvgIpc) is 2.73. The van der Waals surface area contributed by atoms with Gasteiger partial charge in [-0.05, 0) is 37.5 Å². The lowest BCUT2D eigenvalue weighted by molar-refractivity contribution is -0.120. The summed E-state index contributed by atoms with van der Waals surface area (Å²) in [6.07, 6.45) is 0.984. The molecule has 3 rings (SSSR count). The van der Waals surface area contributed by atoms with E-state index in [2.05, 4.69) is 5.32 Å². The van der Waals surface area contributed by atoms with Crippen LogP contribution in [0.4, 0.5) is 5.69 Å². The molecule has 0 aromatic heterocycles. The fourth-order valence-electron chi connectivity index (χ4n) is 3.66. The molecule has 1 aliphatic rings. The minimum absolute atomic E-state index is 0.0167. The monoisotopic (exact) mass is 432 g/mol. The number of carbonyl (C=O) groups is 1. The summed E-state index contributed by atoms with van der Waals surface area (Å²) in [5.74, 6) is 0.758. The lowest BCUT2D eigenvalue weighted by atomic mass is 9.97. The second-order valence-electron chi connectivity index (χ2n) is 7.48. The zero-order chi connectivity index (χ0) is 21.7. The van der Waals surface area contributed by atoms with E-state index >= 15 is 0 Å². The van der Waals surface area contributed by atoms with Crippen molar-refractivity contribution in [3.63, 3.8) is 0 Å². The highest BCUT2D eigenvalue weighted by Gasteiger charge is 2.31. The molecular formula is C22H28N2O5S. The van der Waals surface area contributed by atoms with Crippen LogP contribution in [-0.2, 0) is 20.6 Å². The summed E-state index contributed by atoms with van der Waals surface area (Å²) >= 11 is 0. The van der Waals surface area contributed by atoms with Gasteiger partial charge in [0.25, 0.3) is 0 Å². The van der Waals surface area contributed by atoms with Gasteiger partial charge in [0.15, 0.2) is 11.5 Å². The molecule has 0 atom stereocenters. The molecule has 0 saturated carbocycles. The quantitative estimate of drug-likeness (QED) is 0.726. The molecule has 0 spiro atoms. The van der Waals surface area contributed by atoms with Gasteiger partial charge < -0.3 is 14.8 Å². The van der Waals surface area contributed by atoms with Gasteiger partial charge in [0.05, 0.1) is 20.0 Å². The van der Waals surface area contributed by atoms with Gasteiger partial charge in [-0.1, -0.05) is 29.8 Å². The van der Waals surface area contributed by atoms with Crippen LogP contribution in [0.1, 0.15) is 24.0 Å². The number of sulfonamides is 1. The molecular weight excluding hydrogens is 404 g/mol. The minimum Gasteiger partial charge on any atom is -0.493 e. The van der Waals surface area contributed by atoms with Crippen molar-refractivity contribution in [3.8, 4) is 11.5 Å². The third-order valence-corrected chi connectivity index (χ3v) is 7.15. The van der Waals surface area contributed by atoms with E-state index in [9.17, 15) is 13.2 Å². The Hall–Kier alpha value is -2.58. The summed E-state index contributed by atoms with van der Waals surface area (Å²) in [5.41, 5.74) is 2.43. The summed E-state index contributed by atoms with van der Waals surface area (Å²) < 4.78 is 37.5. The van der Waals surface area contributed by atoms with E-state index in [1.54, 1.807) is 25.3 Å². The van der Waals surface area contributed by atoms with Crippen molar-refractivity contribution in [2.45, 2.75) is 25.5 Å². The van der Waals surface area contributed by atoms with E-state index in [-0.39, 0.29) is 17.6 Å². The maximum atomic E-state index is 12.8. The van der Waals surface area contributed by atoms with E-state index in [4.69, 9.17) is 9.47 Å². The highest BCUT2D eigenvalue weighted by atomic mass is 32.2. The van der Waals surface area contributed by atoms with E-state index in [1.807, 2.05) is 31.2 Å². The summed E-state index contributed by atoms with van der Waals surface area (Å²) in [5, 5.41) is 2.89. The topological polar surface area (TPSA) is 84.9 Å². The highest BCUT2D eigenvalue weighted by Crippen LogP contribution is 2.30. The number of piperidine rings is 1. The standard InChI is InChI=1S/C22H28N2O5S/c1-16-5-4-6-17(13-16)15-30(26,27)24-11-9-18(10-12-24)22(25)23-19-7-8-20(28-2)21(14-19)29-3/h4-8,13-14,18H,9-12,15H2,1-3H3,(H,23,25). The molecule has 0 bridgehead atoms. The molecule has 1 N–H and O–H groups in total. The highest BCUT2D eigenvalue weighted by molar-refractivity contribution is 7.88. The van der Waals surface area contributed by atoms with Gasteiger partial charge in [-0.2, -0.15) is 0 Å². The second kappa shape index (κ2) is 9.49. The summed E-state index contributed by atoms with van der Waals surface area (Å²) in [6.45, 7) is 2.63. The third-order valence-electron chi connectivity index (χ3n) is 5.30. The molecule has 0 aliphatic carbocycles. The normalized spacial score (nSPS) is 15.6. The van der Waals surface area contributed by atoms with Gasteiger partial charge in [0, 0.05) is 30.8 Å². The maximum Gasteiger partial charge on any atom is 0.227 e. The fourth-order valence-corrected chi connectivity index (χ4v) is 5.21. The molecule has 2 aromatic rings. The lowest BCUT2D eigenvalue weighted by Crippen LogP contribution is -2.41. The first-order valence-electron chi connectivity index (χ1n) is 9.88. The Morgan fingerprint density at radius 3 is 2.40 bits per heavy atom. The van der Waals surface area contributed by atoms with Crippen molar-refractivity contribution < 1.29 is 22.7 Å². The summed E-state index contributed by atoms with van der Waals surface area (Å²) in [6, 6.07) is 12.7. The van der Waals surface area contributed by atoms with Crippen molar-refractivity contribution in [2.24, 2.45) is 5.92 Å². The van der Waals surface area contributed by atoms with Crippen LogP contribution in [0.3, 0.4) is 0 Å². The van der Waals surface area contributed by atoms with Crippen LogP contribution in [0.15, 0.2) is 42.5 Å². The number of benzene rings is 2. The van der Waals surface area contributed by atoms with Crippen molar-refractivity contribution in [3.05, 3.63) is 53.6 Å². The molecule has 0 radical (unpaired) electrons. The number of nitrogens with one attached hydrogen (secondary N) is 1. The van der Waals surface area contributed by atoms with Crippen LogP contribution < -0.4 is 14.8 Å².